The van der Waals surface area contributed by atoms with E-state index in [0.29, 0.717) is 5.02 Å². The predicted octanol–water partition coefficient (Wildman–Crippen LogP) is 3.35. The van der Waals surface area contributed by atoms with Gasteiger partial charge in [-0.05, 0) is 61.5 Å². The second-order valence-corrected chi connectivity index (χ2v) is 5.99. The standard InChI is InChI=1S/C17H18ClN3O2S/c1-11-4-3-5-12(2)16(11)23-10-15(22)20-21-17(24)19-14-8-6-13(18)7-9-14/h3-9H,10H2,1-2H3,(H,20,22)(H2,19,21,24). The molecule has 0 radical (unpaired) electrons. The monoisotopic (exact) mass is 363 g/mol. The Morgan fingerprint density at radius 1 is 1.08 bits per heavy atom. The van der Waals surface area contributed by atoms with Gasteiger partial charge in [0.05, 0.1) is 0 Å². The van der Waals surface area contributed by atoms with Gasteiger partial charge in [-0.1, -0.05) is 29.8 Å². The van der Waals surface area contributed by atoms with E-state index in [1.165, 1.54) is 0 Å². The number of halogens is 1. The summed E-state index contributed by atoms with van der Waals surface area (Å²) in [6.45, 7) is 3.76. The molecule has 0 saturated carbocycles. The zero-order valence-corrected chi connectivity index (χ0v) is 14.9. The Labute approximate surface area is 151 Å². The van der Waals surface area contributed by atoms with Crippen molar-refractivity contribution in [3.05, 3.63) is 58.6 Å². The second kappa shape index (κ2) is 8.52. The van der Waals surface area contributed by atoms with Crippen LogP contribution in [0.1, 0.15) is 11.1 Å². The van der Waals surface area contributed by atoms with Gasteiger partial charge >= 0.3 is 0 Å². The number of hydrogen-bond acceptors (Lipinski definition) is 3. The number of anilines is 1. The number of carbonyl (C=O) groups excluding carboxylic acids is 1. The minimum atomic E-state index is -0.335. The maximum Gasteiger partial charge on any atom is 0.276 e. The number of benzene rings is 2. The summed E-state index contributed by atoms with van der Waals surface area (Å²) >= 11 is 10.9. The Bertz CT molecular complexity index is 715. The molecule has 0 aliphatic rings. The van der Waals surface area contributed by atoms with Crippen LogP contribution in [0, 0.1) is 13.8 Å². The molecule has 0 aliphatic carbocycles. The van der Waals surface area contributed by atoms with Crippen molar-refractivity contribution in [3.63, 3.8) is 0 Å². The van der Waals surface area contributed by atoms with E-state index in [1.54, 1.807) is 24.3 Å². The summed E-state index contributed by atoms with van der Waals surface area (Å²) in [7, 11) is 0. The quantitative estimate of drug-likeness (QED) is 0.574. The summed E-state index contributed by atoms with van der Waals surface area (Å²) < 4.78 is 5.56. The van der Waals surface area contributed by atoms with Gasteiger partial charge in [-0.15, -0.1) is 0 Å². The molecule has 126 valence electrons. The lowest BCUT2D eigenvalue weighted by atomic mass is 10.1. The second-order valence-electron chi connectivity index (χ2n) is 5.14. The van der Waals surface area contributed by atoms with Crippen molar-refractivity contribution in [1.82, 2.24) is 10.9 Å². The maximum atomic E-state index is 11.8. The third-order valence-electron chi connectivity index (χ3n) is 3.17. The van der Waals surface area contributed by atoms with Crippen LogP contribution in [0.4, 0.5) is 5.69 Å². The van der Waals surface area contributed by atoms with Gasteiger partial charge in [0, 0.05) is 10.7 Å². The Kier molecular flexibility index (Phi) is 6.40. The highest BCUT2D eigenvalue weighted by atomic mass is 35.5. The highest BCUT2D eigenvalue weighted by molar-refractivity contribution is 7.80. The van der Waals surface area contributed by atoms with Crippen molar-refractivity contribution < 1.29 is 9.53 Å². The van der Waals surface area contributed by atoms with E-state index >= 15 is 0 Å². The lowest BCUT2D eigenvalue weighted by molar-refractivity contribution is -0.123. The van der Waals surface area contributed by atoms with Gasteiger partial charge in [0.25, 0.3) is 5.91 Å². The van der Waals surface area contributed by atoms with Gasteiger partial charge in [0.1, 0.15) is 5.75 Å². The van der Waals surface area contributed by atoms with Gasteiger partial charge in [0.15, 0.2) is 11.7 Å². The van der Waals surface area contributed by atoms with Crippen LogP contribution in [0.5, 0.6) is 5.75 Å². The summed E-state index contributed by atoms with van der Waals surface area (Å²) in [6, 6.07) is 12.9. The molecule has 5 nitrogen and oxygen atoms in total. The van der Waals surface area contributed by atoms with Crippen LogP contribution in [0.15, 0.2) is 42.5 Å². The number of amides is 1. The SMILES string of the molecule is Cc1cccc(C)c1OCC(=O)NNC(=S)Nc1ccc(Cl)cc1. The van der Waals surface area contributed by atoms with E-state index in [9.17, 15) is 4.79 Å². The first-order chi connectivity index (χ1) is 11.5. The summed E-state index contributed by atoms with van der Waals surface area (Å²) in [5.74, 6) is 0.382. The molecule has 1 amide bonds. The Morgan fingerprint density at radius 3 is 2.33 bits per heavy atom. The van der Waals surface area contributed by atoms with E-state index in [-0.39, 0.29) is 17.6 Å². The molecule has 0 bridgehead atoms. The molecule has 0 fully saturated rings. The van der Waals surface area contributed by atoms with E-state index in [0.717, 1.165) is 22.6 Å². The Morgan fingerprint density at radius 2 is 1.71 bits per heavy atom. The molecular formula is C17H18ClN3O2S. The molecule has 0 unspecified atom stereocenters. The van der Waals surface area contributed by atoms with Crippen molar-refractivity contribution in [1.29, 1.82) is 0 Å². The number of carbonyl (C=O) groups is 1. The minimum Gasteiger partial charge on any atom is -0.483 e. The van der Waals surface area contributed by atoms with Crippen LogP contribution in [0.25, 0.3) is 0 Å². The van der Waals surface area contributed by atoms with Gasteiger partial charge < -0.3 is 10.1 Å². The number of rotatable bonds is 4. The molecule has 2 rings (SSSR count). The lowest BCUT2D eigenvalue weighted by Crippen LogP contribution is -2.45. The number of aryl methyl sites for hydroxylation is 2. The molecular weight excluding hydrogens is 346 g/mol. The molecule has 2 aromatic rings. The number of hydrazine groups is 1. The zero-order chi connectivity index (χ0) is 17.5. The van der Waals surface area contributed by atoms with Crippen molar-refractivity contribution in [2.45, 2.75) is 13.8 Å². The third kappa shape index (κ3) is 5.40. The lowest BCUT2D eigenvalue weighted by Gasteiger charge is -2.14. The summed E-state index contributed by atoms with van der Waals surface area (Å²) in [4.78, 5) is 11.8. The molecule has 0 heterocycles. The molecule has 7 heteroatoms. The molecule has 3 N–H and O–H groups in total. The molecule has 2 aromatic carbocycles. The fraction of sp³-hybridized carbons (Fsp3) is 0.176. The zero-order valence-electron chi connectivity index (χ0n) is 13.4. The third-order valence-corrected chi connectivity index (χ3v) is 3.63. The molecule has 0 aromatic heterocycles. The van der Waals surface area contributed by atoms with Crippen LogP contribution in [-0.2, 0) is 4.79 Å². The first kappa shape index (κ1) is 18.0. The van der Waals surface area contributed by atoms with Crippen LogP contribution in [0.2, 0.25) is 5.02 Å². The number of thiocarbonyl (C=S) groups is 1. The molecule has 24 heavy (non-hydrogen) atoms. The first-order valence-electron chi connectivity index (χ1n) is 7.26. The van der Waals surface area contributed by atoms with E-state index in [2.05, 4.69) is 16.2 Å². The van der Waals surface area contributed by atoms with Crippen LogP contribution in [-0.4, -0.2) is 17.6 Å². The minimum absolute atomic E-state index is 0.109. The number of ether oxygens (including phenoxy) is 1. The number of para-hydroxylation sites is 1. The molecule has 0 spiro atoms. The first-order valence-corrected chi connectivity index (χ1v) is 8.05. The topological polar surface area (TPSA) is 62.4 Å². The highest BCUT2D eigenvalue weighted by Gasteiger charge is 2.07. The Balaban J connectivity index is 1.76. The molecule has 0 aliphatic heterocycles. The largest absolute Gasteiger partial charge is 0.483 e. The van der Waals surface area contributed by atoms with E-state index < -0.39 is 0 Å². The van der Waals surface area contributed by atoms with Crippen molar-refractivity contribution in [3.8, 4) is 5.75 Å². The van der Waals surface area contributed by atoms with Gasteiger partial charge in [0.2, 0.25) is 0 Å². The highest BCUT2D eigenvalue weighted by Crippen LogP contribution is 2.21. The fourth-order valence-electron chi connectivity index (χ4n) is 2.02. The van der Waals surface area contributed by atoms with Crippen LogP contribution in [0.3, 0.4) is 0 Å². The average Bonchev–Trinajstić information content (AvgIpc) is 2.54. The van der Waals surface area contributed by atoms with Gasteiger partial charge in [-0.2, -0.15) is 0 Å². The van der Waals surface area contributed by atoms with Crippen molar-refractivity contribution >= 4 is 40.5 Å². The van der Waals surface area contributed by atoms with Crippen molar-refractivity contribution in [2.24, 2.45) is 0 Å². The predicted molar refractivity (Wildman–Crippen MR) is 100 cm³/mol. The smallest absolute Gasteiger partial charge is 0.276 e. The normalized spacial score (nSPS) is 9.96. The van der Waals surface area contributed by atoms with E-state index in [1.807, 2.05) is 32.0 Å². The maximum absolute atomic E-state index is 11.8. The summed E-state index contributed by atoms with van der Waals surface area (Å²) in [5.41, 5.74) is 7.82. The van der Waals surface area contributed by atoms with Crippen LogP contribution >= 0.6 is 23.8 Å². The fourth-order valence-corrected chi connectivity index (χ4v) is 2.32. The van der Waals surface area contributed by atoms with Gasteiger partial charge in [-0.3, -0.25) is 15.6 Å². The average molecular weight is 364 g/mol. The molecule has 0 saturated heterocycles. The Hall–Kier alpha value is -2.31. The van der Waals surface area contributed by atoms with Gasteiger partial charge in [-0.25, -0.2) is 0 Å². The van der Waals surface area contributed by atoms with Crippen molar-refractivity contribution in [2.75, 3.05) is 11.9 Å². The summed E-state index contributed by atoms with van der Waals surface area (Å²) in [6.07, 6.45) is 0. The number of hydrogen-bond donors (Lipinski definition) is 3. The molecule has 0 atom stereocenters. The summed E-state index contributed by atoms with van der Waals surface area (Å²) in [5, 5.41) is 3.82. The van der Waals surface area contributed by atoms with Crippen LogP contribution < -0.4 is 20.9 Å². The number of nitrogens with one attached hydrogen (secondary N) is 3. The van der Waals surface area contributed by atoms with E-state index in [4.69, 9.17) is 28.6 Å².